The number of fused-ring (bicyclic) bond motifs is 1. The third-order valence-corrected chi connectivity index (χ3v) is 3.52. The van der Waals surface area contributed by atoms with Gasteiger partial charge in [-0.25, -0.2) is 4.79 Å². The van der Waals surface area contributed by atoms with Gasteiger partial charge >= 0.3 is 5.97 Å². The molecule has 1 aliphatic heterocycles. The molecule has 0 unspecified atom stereocenters. The highest BCUT2D eigenvalue weighted by Gasteiger charge is 2.35. The lowest BCUT2D eigenvalue weighted by Crippen LogP contribution is -2.29. The first-order valence-corrected chi connectivity index (χ1v) is 6.61. The van der Waals surface area contributed by atoms with Gasteiger partial charge in [0.1, 0.15) is 6.04 Å². The number of nitro groups is 1. The summed E-state index contributed by atoms with van der Waals surface area (Å²) >= 11 is 0. The number of non-ortho nitro benzene ring substituents is 1. The van der Waals surface area contributed by atoms with E-state index >= 15 is 0 Å². The Hall–Kier alpha value is -3.30. The lowest BCUT2D eigenvalue weighted by Gasteiger charge is -2.26. The van der Waals surface area contributed by atoms with Gasteiger partial charge in [0.05, 0.1) is 17.6 Å². The predicted molar refractivity (Wildman–Crippen MR) is 77.4 cm³/mol. The van der Waals surface area contributed by atoms with Crippen LogP contribution in [0.2, 0.25) is 0 Å². The van der Waals surface area contributed by atoms with Crippen LogP contribution >= 0.6 is 0 Å². The molecule has 2 heterocycles. The summed E-state index contributed by atoms with van der Waals surface area (Å²) in [6.45, 7) is 1.69. The van der Waals surface area contributed by atoms with Crippen LogP contribution in [0.5, 0.6) is 0 Å². The van der Waals surface area contributed by atoms with E-state index < -0.39 is 16.9 Å². The van der Waals surface area contributed by atoms with E-state index in [1.807, 2.05) is 0 Å². The van der Waals surface area contributed by atoms with Crippen LogP contribution in [0, 0.1) is 10.1 Å². The summed E-state index contributed by atoms with van der Waals surface area (Å²) in [5.74, 6) is -0.223. The maximum Gasteiger partial charge on any atom is 0.338 e. The second kappa shape index (κ2) is 5.48. The first-order valence-electron chi connectivity index (χ1n) is 6.61. The molecular weight excluding hydrogens is 304 g/mol. The first-order chi connectivity index (χ1) is 11.0. The van der Waals surface area contributed by atoms with Gasteiger partial charge in [0.2, 0.25) is 5.95 Å². The number of esters is 1. The van der Waals surface area contributed by atoms with Crippen molar-refractivity contribution in [3.63, 3.8) is 0 Å². The maximum absolute atomic E-state index is 12.2. The average molecular weight is 316 g/mol. The second-order valence-corrected chi connectivity index (χ2v) is 4.86. The zero-order valence-corrected chi connectivity index (χ0v) is 12.3. The van der Waals surface area contributed by atoms with Gasteiger partial charge in [-0.3, -0.25) is 10.1 Å². The van der Waals surface area contributed by atoms with Crippen molar-refractivity contribution in [2.24, 2.45) is 0 Å². The van der Waals surface area contributed by atoms with Crippen LogP contribution in [-0.4, -0.2) is 38.2 Å². The van der Waals surface area contributed by atoms with E-state index in [0.29, 0.717) is 17.2 Å². The molecule has 0 aliphatic carbocycles. The number of carbonyl (C=O) groups excluding carboxylic acids is 1. The van der Waals surface area contributed by atoms with E-state index in [0.717, 1.165) is 0 Å². The summed E-state index contributed by atoms with van der Waals surface area (Å²) in [4.78, 5) is 22.7. The van der Waals surface area contributed by atoms with Crippen LogP contribution in [0.3, 0.4) is 0 Å². The molecule has 10 nitrogen and oxygen atoms in total. The van der Waals surface area contributed by atoms with Crippen molar-refractivity contribution in [3.8, 4) is 0 Å². The minimum Gasteiger partial charge on any atom is -0.466 e. The van der Waals surface area contributed by atoms with Crippen LogP contribution in [0.1, 0.15) is 18.5 Å². The van der Waals surface area contributed by atoms with E-state index in [2.05, 4.69) is 20.8 Å². The third kappa shape index (κ3) is 2.39. The van der Waals surface area contributed by atoms with E-state index in [1.165, 1.54) is 23.9 Å². The molecule has 0 amide bonds. The van der Waals surface area contributed by atoms with Gasteiger partial charge in [0.25, 0.3) is 5.69 Å². The van der Waals surface area contributed by atoms with Gasteiger partial charge in [-0.05, 0) is 22.9 Å². The number of methoxy groups -OCH3 is 1. The normalized spacial score (nSPS) is 16.5. The van der Waals surface area contributed by atoms with Crippen molar-refractivity contribution >= 4 is 17.6 Å². The van der Waals surface area contributed by atoms with Gasteiger partial charge in [0, 0.05) is 17.8 Å². The lowest BCUT2D eigenvalue weighted by atomic mass is 9.95. The quantitative estimate of drug-likeness (QED) is 0.506. The highest BCUT2D eigenvalue weighted by Crippen LogP contribution is 2.35. The maximum atomic E-state index is 12.2. The highest BCUT2D eigenvalue weighted by atomic mass is 16.6. The van der Waals surface area contributed by atoms with Gasteiger partial charge in [0.15, 0.2) is 0 Å². The highest BCUT2D eigenvalue weighted by molar-refractivity contribution is 5.92. The minimum absolute atomic E-state index is 0.0856. The lowest BCUT2D eigenvalue weighted by molar-refractivity contribution is -0.384. The number of rotatable bonds is 3. The Morgan fingerprint density at radius 2 is 2.26 bits per heavy atom. The molecule has 3 rings (SSSR count). The SMILES string of the molecule is COC(=O)C1=C(C)Nc2nnnn2[C@H]1c1cccc([N+](=O)[O-])c1. The van der Waals surface area contributed by atoms with Crippen LogP contribution in [0.4, 0.5) is 11.6 Å². The number of tetrazole rings is 1. The summed E-state index contributed by atoms with van der Waals surface area (Å²) < 4.78 is 6.22. The number of nitrogens with zero attached hydrogens (tertiary/aromatic N) is 5. The summed E-state index contributed by atoms with van der Waals surface area (Å²) in [6, 6.07) is 5.26. The Labute approximate surface area is 129 Å². The van der Waals surface area contributed by atoms with Crippen LogP contribution in [0.15, 0.2) is 35.5 Å². The number of carbonyl (C=O) groups is 1. The Morgan fingerprint density at radius 1 is 1.48 bits per heavy atom. The van der Waals surface area contributed by atoms with Crippen molar-refractivity contribution in [2.45, 2.75) is 13.0 Å². The van der Waals surface area contributed by atoms with Crippen LogP contribution in [-0.2, 0) is 9.53 Å². The molecule has 118 valence electrons. The molecule has 1 atom stereocenters. The molecule has 2 aromatic rings. The van der Waals surface area contributed by atoms with Gasteiger partial charge in [-0.2, -0.15) is 4.68 Å². The Bertz CT molecular complexity index is 827. The molecule has 1 aliphatic rings. The monoisotopic (exact) mass is 316 g/mol. The minimum atomic E-state index is -0.714. The van der Waals surface area contributed by atoms with Crippen molar-refractivity contribution in [3.05, 3.63) is 51.2 Å². The Kier molecular flexibility index (Phi) is 3.48. The molecule has 1 aromatic heterocycles. The first kappa shape index (κ1) is 14.6. The zero-order chi connectivity index (χ0) is 16.6. The third-order valence-electron chi connectivity index (χ3n) is 3.52. The zero-order valence-electron chi connectivity index (χ0n) is 12.3. The number of ether oxygens (including phenoxy) is 1. The molecule has 1 N–H and O–H groups in total. The topological polar surface area (TPSA) is 125 Å². The summed E-state index contributed by atoms with van der Waals surface area (Å²) in [5.41, 5.74) is 1.23. The van der Waals surface area contributed by atoms with Crippen LogP contribution in [0.25, 0.3) is 0 Å². The predicted octanol–water partition coefficient (Wildman–Crippen LogP) is 1.04. The number of hydrogen-bond acceptors (Lipinski definition) is 8. The number of nitro benzene ring substituents is 1. The van der Waals surface area contributed by atoms with Gasteiger partial charge in [-0.1, -0.05) is 17.2 Å². The summed E-state index contributed by atoms with van der Waals surface area (Å²) in [6.07, 6.45) is 0. The fraction of sp³-hybridized carbons (Fsp3) is 0.231. The van der Waals surface area contributed by atoms with E-state index in [9.17, 15) is 14.9 Å². The van der Waals surface area contributed by atoms with E-state index in [4.69, 9.17) is 4.74 Å². The number of anilines is 1. The number of nitrogens with one attached hydrogen (secondary N) is 1. The standard InChI is InChI=1S/C13H12N6O4/c1-7-10(12(20)23-2)11(18-13(14-7)15-16-17-18)8-4-3-5-9(6-8)19(21)22/h3-6,11H,1-2H3,(H,14,15,17)/t11-/m0/s1. The van der Waals surface area contributed by atoms with Crippen molar-refractivity contribution < 1.29 is 14.5 Å². The molecular formula is C13H12N6O4. The average Bonchev–Trinajstić information content (AvgIpc) is 3.00. The Balaban J connectivity index is 2.19. The van der Waals surface area contributed by atoms with Crippen molar-refractivity contribution in [2.75, 3.05) is 12.4 Å². The molecule has 0 spiro atoms. The van der Waals surface area contributed by atoms with Gasteiger partial charge < -0.3 is 10.1 Å². The van der Waals surface area contributed by atoms with Crippen molar-refractivity contribution in [1.29, 1.82) is 0 Å². The van der Waals surface area contributed by atoms with Crippen LogP contribution < -0.4 is 5.32 Å². The molecule has 0 saturated heterocycles. The fourth-order valence-electron chi connectivity index (χ4n) is 2.50. The van der Waals surface area contributed by atoms with E-state index in [1.54, 1.807) is 19.1 Å². The molecule has 0 bridgehead atoms. The smallest absolute Gasteiger partial charge is 0.338 e. The van der Waals surface area contributed by atoms with E-state index in [-0.39, 0.29) is 11.3 Å². The molecule has 23 heavy (non-hydrogen) atoms. The molecule has 0 fully saturated rings. The number of benzene rings is 1. The molecule has 0 radical (unpaired) electrons. The molecule has 10 heteroatoms. The van der Waals surface area contributed by atoms with Crippen molar-refractivity contribution in [1.82, 2.24) is 20.2 Å². The molecule has 0 saturated carbocycles. The number of hydrogen-bond donors (Lipinski definition) is 1. The number of aromatic nitrogens is 4. The second-order valence-electron chi connectivity index (χ2n) is 4.86. The Morgan fingerprint density at radius 3 is 2.96 bits per heavy atom. The largest absolute Gasteiger partial charge is 0.466 e. The number of allylic oxidation sites excluding steroid dienone is 1. The summed E-state index contributed by atoms with van der Waals surface area (Å²) in [7, 11) is 1.27. The fourth-order valence-corrected chi connectivity index (χ4v) is 2.50. The summed E-state index contributed by atoms with van der Waals surface area (Å²) in [5, 5.41) is 25.2. The molecule has 1 aromatic carbocycles. The van der Waals surface area contributed by atoms with Gasteiger partial charge in [-0.15, -0.1) is 0 Å².